The van der Waals surface area contributed by atoms with Gasteiger partial charge in [0.2, 0.25) is 17.7 Å². The topological polar surface area (TPSA) is 185 Å². The number of methoxy groups -OCH3 is 1. The summed E-state index contributed by atoms with van der Waals surface area (Å²) in [5.74, 6) is -2.61. The van der Waals surface area contributed by atoms with Crippen molar-refractivity contribution in [3.05, 3.63) is 79.4 Å². The Kier molecular flexibility index (Phi) is 11.4. The van der Waals surface area contributed by atoms with Crippen molar-refractivity contribution in [2.24, 2.45) is 5.92 Å². The number of rotatable bonds is 13. The summed E-state index contributed by atoms with van der Waals surface area (Å²) in [5.41, 5.74) is -0.418. The molecule has 2 fully saturated rings. The highest BCUT2D eigenvalue weighted by molar-refractivity contribution is 5.97. The van der Waals surface area contributed by atoms with Crippen molar-refractivity contribution < 1.29 is 43.3 Å². The molecule has 1 aliphatic heterocycles. The molecule has 1 unspecified atom stereocenters. The third-order valence-corrected chi connectivity index (χ3v) is 9.01. The number of aromatic nitrogens is 1. The van der Waals surface area contributed by atoms with Crippen LogP contribution in [0.4, 0.5) is 4.79 Å². The van der Waals surface area contributed by atoms with Gasteiger partial charge in [0.25, 0.3) is 0 Å². The molecular formula is C39H45N5O9. The quantitative estimate of drug-likeness (QED) is 0.148. The number of pyridine rings is 1. The molecule has 2 aromatic carbocycles. The molecule has 1 aromatic heterocycles. The molecule has 2 aliphatic rings. The van der Waals surface area contributed by atoms with E-state index in [2.05, 4.69) is 22.5 Å². The van der Waals surface area contributed by atoms with Crippen LogP contribution in [0.5, 0.6) is 11.5 Å². The minimum Gasteiger partial charge on any atom is -0.497 e. The number of allylic oxidation sites excluding steroid dienone is 1. The summed E-state index contributed by atoms with van der Waals surface area (Å²) in [7, 11) is 1.55. The lowest BCUT2D eigenvalue weighted by Crippen LogP contribution is -2.58. The second-order valence-electron chi connectivity index (χ2n) is 14.0. The lowest BCUT2D eigenvalue weighted by atomic mass is 10.1. The van der Waals surface area contributed by atoms with Gasteiger partial charge < -0.3 is 40.2 Å². The van der Waals surface area contributed by atoms with Gasteiger partial charge in [-0.15, -0.1) is 6.58 Å². The summed E-state index contributed by atoms with van der Waals surface area (Å²) in [6.07, 6.45) is 2.71. The summed E-state index contributed by atoms with van der Waals surface area (Å²) in [6, 6.07) is 14.1. The van der Waals surface area contributed by atoms with E-state index in [1.54, 1.807) is 59.1 Å². The molecule has 280 valence electrons. The first-order chi connectivity index (χ1) is 25.2. The van der Waals surface area contributed by atoms with E-state index >= 15 is 0 Å². The number of aliphatic carboxylic acids is 1. The van der Waals surface area contributed by atoms with Crippen LogP contribution in [-0.4, -0.2) is 94.3 Å². The van der Waals surface area contributed by atoms with Gasteiger partial charge in [-0.1, -0.05) is 42.5 Å². The van der Waals surface area contributed by atoms with Crippen molar-refractivity contribution in [3.63, 3.8) is 0 Å². The van der Waals surface area contributed by atoms with E-state index in [1.807, 2.05) is 30.3 Å². The average molecular weight is 728 g/mol. The van der Waals surface area contributed by atoms with Gasteiger partial charge >= 0.3 is 12.1 Å². The summed E-state index contributed by atoms with van der Waals surface area (Å²) >= 11 is 0. The molecule has 14 heteroatoms. The highest BCUT2D eigenvalue weighted by atomic mass is 16.6. The number of likely N-dealkylation sites (tertiary alicyclic amines) is 1. The second-order valence-corrected chi connectivity index (χ2v) is 14.0. The van der Waals surface area contributed by atoms with Crippen LogP contribution in [0, 0.1) is 5.92 Å². The molecule has 4 N–H and O–H groups in total. The van der Waals surface area contributed by atoms with Gasteiger partial charge in [0, 0.05) is 42.0 Å². The third kappa shape index (κ3) is 8.94. The maximum Gasteiger partial charge on any atom is 0.408 e. The number of hydrogen-bond acceptors (Lipinski definition) is 9. The first-order valence-electron chi connectivity index (χ1n) is 17.3. The van der Waals surface area contributed by atoms with Crippen LogP contribution in [0.25, 0.3) is 22.2 Å². The number of fused-ring (bicyclic) bond motifs is 1. The normalized spacial score (nSPS) is 21.4. The number of carboxylic acids is 1. The van der Waals surface area contributed by atoms with Crippen LogP contribution in [0.15, 0.2) is 79.4 Å². The van der Waals surface area contributed by atoms with Crippen LogP contribution >= 0.6 is 0 Å². The Hall–Kier alpha value is -5.92. The van der Waals surface area contributed by atoms with E-state index in [9.17, 15) is 29.1 Å². The maximum atomic E-state index is 14.4. The summed E-state index contributed by atoms with van der Waals surface area (Å²) in [6.45, 7) is 9.89. The number of nitrogens with zero attached hydrogens (tertiary/aromatic N) is 2. The Morgan fingerprint density at radius 1 is 1.11 bits per heavy atom. The number of hydrogen-bond donors (Lipinski definition) is 4. The minimum absolute atomic E-state index is 0.0171. The Morgan fingerprint density at radius 2 is 1.85 bits per heavy atom. The van der Waals surface area contributed by atoms with Crippen molar-refractivity contribution in [1.82, 2.24) is 25.8 Å². The van der Waals surface area contributed by atoms with Crippen LogP contribution in [0.3, 0.4) is 0 Å². The number of ether oxygens (including phenoxy) is 3. The van der Waals surface area contributed by atoms with E-state index in [0.717, 1.165) is 5.56 Å². The third-order valence-electron chi connectivity index (χ3n) is 9.01. The van der Waals surface area contributed by atoms with E-state index in [1.165, 1.54) is 23.1 Å². The van der Waals surface area contributed by atoms with E-state index in [4.69, 9.17) is 19.2 Å². The van der Waals surface area contributed by atoms with Crippen molar-refractivity contribution in [1.29, 1.82) is 0 Å². The molecule has 2 heterocycles. The Morgan fingerprint density at radius 3 is 2.47 bits per heavy atom. The van der Waals surface area contributed by atoms with Crippen molar-refractivity contribution in [3.8, 4) is 22.8 Å². The maximum absolute atomic E-state index is 14.4. The fourth-order valence-electron chi connectivity index (χ4n) is 6.29. The monoisotopic (exact) mass is 727 g/mol. The lowest BCUT2D eigenvalue weighted by Gasteiger charge is -2.30. The van der Waals surface area contributed by atoms with E-state index < -0.39 is 65.0 Å². The average Bonchev–Trinajstić information content (AvgIpc) is 3.68. The molecule has 0 radical (unpaired) electrons. The highest BCUT2D eigenvalue weighted by Crippen LogP contribution is 2.45. The number of benzene rings is 2. The SMILES string of the molecule is C=C[C@@H]1C[C@]1(NC(=O)[C@@H]1CC(Oc2cc(-c3ccccc3)nc3cc(OC)ccc23)CN1C(=O)[C@H](CNC(=O)/C=C/C)NC(=O)OC(C)(C)C)C(=O)O. The standard InChI is InChI=1S/C39H45N5O9/c1-7-12-33(45)40-21-30(42-37(50)53-38(3,4)5)35(47)44-22-26(18-31(44)34(46)43-39(36(48)49)20-24(39)8-2)52-32-19-28(23-13-10-9-11-14-23)41-29-17-25(51-6)15-16-27(29)32/h7-17,19,24,26,30-31H,2,18,20-22H2,1,3-6H3,(H,40,45)(H,42,50)(H,43,46)(H,48,49)/b12-7+/t24-,26?,30+,31+,39-/m1/s1. The molecule has 53 heavy (non-hydrogen) atoms. The second kappa shape index (κ2) is 15.8. The first kappa shape index (κ1) is 38.3. The van der Waals surface area contributed by atoms with Gasteiger partial charge in [0.05, 0.1) is 24.9 Å². The van der Waals surface area contributed by atoms with Crippen LogP contribution in [-0.2, 0) is 23.9 Å². The Bertz CT molecular complexity index is 1930. The number of carbonyl (C=O) groups excluding carboxylic acids is 4. The fourth-order valence-corrected chi connectivity index (χ4v) is 6.29. The molecule has 5 rings (SSSR count). The number of nitrogens with one attached hydrogen (secondary N) is 3. The highest BCUT2D eigenvalue weighted by Gasteiger charge is 2.61. The van der Waals surface area contributed by atoms with Gasteiger partial charge in [-0.25, -0.2) is 14.6 Å². The van der Waals surface area contributed by atoms with Gasteiger partial charge in [-0.3, -0.25) is 14.4 Å². The van der Waals surface area contributed by atoms with Gasteiger partial charge in [0.15, 0.2) is 0 Å². The van der Waals surface area contributed by atoms with E-state index in [-0.39, 0.29) is 25.9 Å². The molecule has 1 aliphatic carbocycles. The zero-order valence-electron chi connectivity index (χ0n) is 30.4. The van der Waals surface area contributed by atoms with Crippen molar-refractivity contribution in [2.45, 2.75) is 69.9 Å². The predicted octanol–water partition coefficient (Wildman–Crippen LogP) is 3.99. The molecule has 14 nitrogen and oxygen atoms in total. The van der Waals surface area contributed by atoms with Crippen molar-refractivity contribution in [2.75, 3.05) is 20.2 Å². The molecule has 4 amide bonds. The molecular weight excluding hydrogens is 682 g/mol. The van der Waals surface area contributed by atoms with Crippen molar-refractivity contribution >= 4 is 40.7 Å². The smallest absolute Gasteiger partial charge is 0.408 e. The number of carbonyl (C=O) groups is 5. The number of carboxylic acid groups (broad SMARTS) is 1. The van der Waals surface area contributed by atoms with Crippen LogP contribution in [0.1, 0.15) is 40.5 Å². The minimum atomic E-state index is -1.56. The van der Waals surface area contributed by atoms with Gasteiger partial charge in [0.1, 0.15) is 40.8 Å². The number of amides is 4. The molecule has 5 atom stereocenters. The number of alkyl carbamates (subject to hydrolysis) is 1. The Balaban J connectivity index is 1.50. The Labute approximate surface area is 307 Å². The van der Waals surface area contributed by atoms with Gasteiger partial charge in [-0.05, 0) is 52.3 Å². The predicted molar refractivity (Wildman–Crippen MR) is 196 cm³/mol. The van der Waals surface area contributed by atoms with E-state index in [0.29, 0.717) is 28.1 Å². The molecule has 1 saturated carbocycles. The fraction of sp³-hybridized carbons (Fsp3) is 0.385. The molecule has 1 saturated heterocycles. The van der Waals surface area contributed by atoms with Gasteiger partial charge in [-0.2, -0.15) is 0 Å². The summed E-state index contributed by atoms with van der Waals surface area (Å²) in [4.78, 5) is 72.1. The zero-order chi connectivity index (χ0) is 38.5. The largest absolute Gasteiger partial charge is 0.497 e. The lowest BCUT2D eigenvalue weighted by molar-refractivity contribution is -0.145. The first-order valence-corrected chi connectivity index (χ1v) is 17.3. The summed E-state index contributed by atoms with van der Waals surface area (Å²) < 4.78 is 17.4. The summed E-state index contributed by atoms with van der Waals surface area (Å²) in [5, 5.41) is 18.5. The molecule has 0 bridgehead atoms. The molecule has 3 aromatic rings. The zero-order valence-corrected chi connectivity index (χ0v) is 30.4. The van der Waals surface area contributed by atoms with Crippen LogP contribution in [0.2, 0.25) is 0 Å². The molecule has 0 spiro atoms. The van der Waals surface area contributed by atoms with Crippen LogP contribution < -0.4 is 25.4 Å².